The summed E-state index contributed by atoms with van der Waals surface area (Å²) in [6.45, 7) is 1.78. The molecule has 0 radical (unpaired) electrons. The zero-order valence-electron chi connectivity index (χ0n) is 11.1. The van der Waals surface area contributed by atoms with E-state index in [1.807, 2.05) is 30.3 Å². The van der Waals surface area contributed by atoms with Crippen molar-refractivity contribution in [1.82, 2.24) is 9.88 Å². The summed E-state index contributed by atoms with van der Waals surface area (Å²) in [5, 5.41) is 0.956. The summed E-state index contributed by atoms with van der Waals surface area (Å²) in [4.78, 5) is 6.70. The number of sulfone groups is 1. The molecule has 2 aromatic rings. The van der Waals surface area contributed by atoms with Crippen molar-refractivity contribution in [3.63, 3.8) is 0 Å². The molecule has 106 valence electrons. The van der Waals surface area contributed by atoms with Crippen molar-refractivity contribution < 1.29 is 8.42 Å². The van der Waals surface area contributed by atoms with Crippen molar-refractivity contribution in [2.75, 3.05) is 30.3 Å². The van der Waals surface area contributed by atoms with Gasteiger partial charge in [-0.05, 0) is 12.1 Å². The predicted molar refractivity (Wildman–Crippen MR) is 80.1 cm³/mol. The molecule has 20 heavy (non-hydrogen) atoms. The number of para-hydroxylation sites is 1. The first-order valence-electron chi connectivity index (χ1n) is 6.60. The average molecular weight is 291 g/mol. The van der Waals surface area contributed by atoms with Gasteiger partial charge in [-0.1, -0.05) is 18.2 Å². The first kappa shape index (κ1) is 13.3. The van der Waals surface area contributed by atoms with Crippen molar-refractivity contribution in [1.29, 1.82) is 0 Å². The van der Waals surface area contributed by atoms with Crippen molar-refractivity contribution >= 4 is 26.4 Å². The Morgan fingerprint density at radius 3 is 2.65 bits per heavy atom. The lowest BCUT2D eigenvalue weighted by Gasteiger charge is -2.26. The Bertz CT molecular complexity index is 729. The first-order valence-corrected chi connectivity index (χ1v) is 8.42. The Balaban J connectivity index is 1.81. The Morgan fingerprint density at radius 2 is 1.90 bits per heavy atom. The van der Waals surface area contributed by atoms with E-state index in [9.17, 15) is 8.42 Å². The Labute approximate surface area is 118 Å². The summed E-state index contributed by atoms with van der Waals surface area (Å²) in [6.07, 6.45) is 0. The fourth-order valence-electron chi connectivity index (χ4n) is 2.48. The van der Waals surface area contributed by atoms with Gasteiger partial charge in [0.25, 0.3) is 0 Å². The second kappa shape index (κ2) is 5.03. The van der Waals surface area contributed by atoms with E-state index in [2.05, 4.69) is 9.88 Å². The fraction of sp³-hybridized carbons (Fsp3) is 0.357. The predicted octanol–water partition coefficient (Wildman–Crippen LogP) is 1.05. The Hall–Kier alpha value is -1.66. The summed E-state index contributed by atoms with van der Waals surface area (Å²) in [5.41, 5.74) is 8.54. The number of rotatable bonds is 2. The molecule has 0 unspecified atom stereocenters. The van der Waals surface area contributed by atoms with Gasteiger partial charge in [0, 0.05) is 30.7 Å². The molecule has 6 heteroatoms. The molecule has 1 aromatic heterocycles. The number of aromatic nitrogens is 1. The third kappa shape index (κ3) is 2.76. The van der Waals surface area contributed by atoms with Crippen LogP contribution in [0.3, 0.4) is 0 Å². The number of pyridine rings is 1. The molecule has 0 aliphatic carbocycles. The highest BCUT2D eigenvalue weighted by Crippen LogP contribution is 2.21. The van der Waals surface area contributed by atoms with Crippen molar-refractivity contribution in [2.45, 2.75) is 6.54 Å². The van der Waals surface area contributed by atoms with Gasteiger partial charge in [0.2, 0.25) is 0 Å². The van der Waals surface area contributed by atoms with E-state index in [1.165, 1.54) is 0 Å². The van der Waals surface area contributed by atoms with Gasteiger partial charge >= 0.3 is 0 Å². The van der Waals surface area contributed by atoms with E-state index in [4.69, 9.17) is 5.73 Å². The molecule has 0 atom stereocenters. The summed E-state index contributed by atoms with van der Waals surface area (Å²) in [7, 11) is -2.84. The van der Waals surface area contributed by atoms with Gasteiger partial charge in [-0.15, -0.1) is 0 Å². The van der Waals surface area contributed by atoms with E-state index in [0.29, 0.717) is 19.6 Å². The van der Waals surface area contributed by atoms with Gasteiger partial charge < -0.3 is 5.73 Å². The molecular formula is C14H17N3O2S. The topological polar surface area (TPSA) is 76.3 Å². The molecule has 1 saturated heterocycles. The van der Waals surface area contributed by atoms with Crippen LogP contribution in [-0.4, -0.2) is 42.9 Å². The van der Waals surface area contributed by atoms with Gasteiger partial charge in [-0.3, -0.25) is 9.88 Å². The van der Waals surface area contributed by atoms with Crippen LogP contribution in [0, 0.1) is 0 Å². The number of anilines is 1. The van der Waals surface area contributed by atoms with Gasteiger partial charge in [-0.2, -0.15) is 0 Å². The molecule has 2 heterocycles. The Morgan fingerprint density at radius 1 is 1.20 bits per heavy atom. The number of hydrogen-bond donors (Lipinski definition) is 1. The smallest absolute Gasteiger partial charge is 0.152 e. The van der Waals surface area contributed by atoms with Crippen LogP contribution < -0.4 is 5.73 Å². The lowest BCUT2D eigenvalue weighted by atomic mass is 10.1. The molecule has 0 amide bonds. The largest absolute Gasteiger partial charge is 0.398 e. The van der Waals surface area contributed by atoms with Crippen LogP contribution in [-0.2, 0) is 16.4 Å². The Kier molecular flexibility index (Phi) is 3.35. The van der Waals surface area contributed by atoms with E-state index in [0.717, 1.165) is 22.3 Å². The normalized spacial score (nSPS) is 19.2. The maximum atomic E-state index is 11.4. The number of nitrogens with two attached hydrogens (primary N) is 1. The standard InChI is InChI=1S/C14H17N3O2S/c15-13-9-11(16-14-4-2-1-3-12(13)14)10-17-5-7-20(18,19)8-6-17/h1-4,9H,5-8,10H2,(H2,15,16). The minimum atomic E-state index is -2.84. The van der Waals surface area contributed by atoms with Gasteiger partial charge in [-0.25, -0.2) is 8.42 Å². The van der Waals surface area contributed by atoms with Crippen LogP contribution in [0.1, 0.15) is 5.69 Å². The molecule has 1 aromatic carbocycles. The summed E-state index contributed by atoms with van der Waals surface area (Å²) < 4.78 is 22.8. The van der Waals surface area contributed by atoms with E-state index < -0.39 is 9.84 Å². The number of hydrogen-bond acceptors (Lipinski definition) is 5. The molecule has 1 aliphatic heterocycles. The monoisotopic (exact) mass is 291 g/mol. The quantitative estimate of drug-likeness (QED) is 0.895. The maximum absolute atomic E-state index is 11.4. The van der Waals surface area contributed by atoms with E-state index in [1.54, 1.807) is 0 Å². The van der Waals surface area contributed by atoms with E-state index in [-0.39, 0.29) is 11.5 Å². The lowest BCUT2D eigenvalue weighted by Crippen LogP contribution is -2.39. The van der Waals surface area contributed by atoms with Crippen LogP contribution >= 0.6 is 0 Å². The molecular weight excluding hydrogens is 274 g/mol. The second-order valence-corrected chi connectivity index (χ2v) is 7.45. The van der Waals surface area contributed by atoms with Crippen LogP contribution in [0.4, 0.5) is 5.69 Å². The second-order valence-electron chi connectivity index (χ2n) is 5.15. The minimum absolute atomic E-state index is 0.232. The van der Waals surface area contributed by atoms with Crippen LogP contribution in [0.25, 0.3) is 10.9 Å². The number of benzene rings is 1. The van der Waals surface area contributed by atoms with Crippen LogP contribution in [0.15, 0.2) is 30.3 Å². The van der Waals surface area contributed by atoms with Gasteiger partial charge in [0.05, 0.1) is 22.7 Å². The molecule has 3 rings (SSSR count). The molecule has 0 saturated carbocycles. The van der Waals surface area contributed by atoms with Gasteiger partial charge in [0.15, 0.2) is 9.84 Å². The zero-order chi connectivity index (χ0) is 14.2. The highest BCUT2D eigenvalue weighted by molar-refractivity contribution is 7.91. The van der Waals surface area contributed by atoms with Crippen LogP contribution in [0.2, 0.25) is 0 Å². The lowest BCUT2D eigenvalue weighted by molar-refractivity contribution is 0.284. The fourth-order valence-corrected chi connectivity index (χ4v) is 3.75. The first-order chi connectivity index (χ1) is 9.53. The average Bonchev–Trinajstić information content (AvgIpc) is 2.41. The summed E-state index contributed by atoms with van der Waals surface area (Å²) in [5.74, 6) is 0.464. The highest BCUT2D eigenvalue weighted by atomic mass is 32.2. The molecule has 1 aliphatic rings. The van der Waals surface area contributed by atoms with Crippen molar-refractivity contribution in [3.8, 4) is 0 Å². The van der Waals surface area contributed by atoms with Gasteiger partial charge in [0.1, 0.15) is 0 Å². The molecule has 1 fully saturated rings. The van der Waals surface area contributed by atoms with Crippen LogP contribution in [0.5, 0.6) is 0 Å². The number of nitrogen functional groups attached to an aromatic ring is 1. The molecule has 5 nitrogen and oxygen atoms in total. The maximum Gasteiger partial charge on any atom is 0.152 e. The highest BCUT2D eigenvalue weighted by Gasteiger charge is 2.21. The van der Waals surface area contributed by atoms with E-state index >= 15 is 0 Å². The molecule has 0 spiro atoms. The molecule has 0 bridgehead atoms. The zero-order valence-corrected chi connectivity index (χ0v) is 11.9. The number of nitrogens with zero attached hydrogens (tertiary/aromatic N) is 2. The summed E-state index contributed by atoms with van der Waals surface area (Å²) in [6, 6.07) is 9.65. The number of fused-ring (bicyclic) bond motifs is 1. The third-order valence-corrected chi connectivity index (χ3v) is 5.23. The minimum Gasteiger partial charge on any atom is -0.398 e. The SMILES string of the molecule is Nc1cc(CN2CCS(=O)(=O)CC2)nc2ccccc12. The third-order valence-electron chi connectivity index (χ3n) is 3.62. The van der Waals surface area contributed by atoms with Crippen molar-refractivity contribution in [2.24, 2.45) is 0 Å². The summed E-state index contributed by atoms with van der Waals surface area (Å²) >= 11 is 0. The van der Waals surface area contributed by atoms with Crippen molar-refractivity contribution in [3.05, 3.63) is 36.0 Å². The molecule has 2 N–H and O–H groups in total.